The molecule has 0 aliphatic carbocycles. The Kier molecular flexibility index (Phi) is 5.60. The molecule has 146 valence electrons. The highest BCUT2D eigenvalue weighted by Gasteiger charge is 2.34. The van der Waals surface area contributed by atoms with E-state index >= 15 is 0 Å². The van der Waals surface area contributed by atoms with E-state index in [2.05, 4.69) is 16.9 Å². The molecule has 8 heteroatoms. The maximum Gasteiger partial charge on any atom is 0.357 e. The van der Waals surface area contributed by atoms with Gasteiger partial charge in [0.1, 0.15) is 16.8 Å². The van der Waals surface area contributed by atoms with Crippen LogP contribution in [-0.4, -0.2) is 48.9 Å². The third-order valence-electron chi connectivity index (χ3n) is 4.06. The van der Waals surface area contributed by atoms with Gasteiger partial charge in [-0.2, -0.15) is 5.10 Å². The standard InChI is InChI=1S/C21H16N2O6/c1-27-19(24)16-15-12-11-14(10-9-13-7-5-4-6-8-13)22-23(15)18(21(26)29-3)17(16)20(25)28-2/h4-8,11-12H,1-3H3. The molecular formula is C21H16N2O6. The third kappa shape index (κ3) is 3.66. The number of hydrogen-bond donors (Lipinski definition) is 0. The number of esters is 3. The summed E-state index contributed by atoms with van der Waals surface area (Å²) >= 11 is 0. The number of aromatic nitrogens is 2. The Morgan fingerprint density at radius 2 is 1.41 bits per heavy atom. The van der Waals surface area contributed by atoms with E-state index in [0.29, 0.717) is 5.69 Å². The van der Waals surface area contributed by atoms with Crippen LogP contribution in [0.5, 0.6) is 0 Å². The number of methoxy groups -OCH3 is 3. The van der Waals surface area contributed by atoms with Crippen molar-refractivity contribution in [2.75, 3.05) is 21.3 Å². The number of benzene rings is 1. The predicted octanol–water partition coefficient (Wildman–Crippen LogP) is 2.09. The average molecular weight is 392 g/mol. The number of carbonyl (C=O) groups is 3. The fraction of sp³-hybridized carbons (Fsp3) is 0.143. The summed E-state index contributed by atoms with van der Waals surface area (Å²) in [6.45, 7) is 0. The Morgan fingerprint density at radius 1 is 0.793 bits per heavy atom. The fourth-order valence-electron chi connectivity index (χ4n) is 2.75. The maximum atomic E-state index is 12.4. The molecule has 0 radical (unpaired) electrons. The first-order chi connectivity index (χ1) is 14.0. The molecule has 0 N–H and O–H groups in total. The summed E-state index contributed by atoms with van der Waals surface area (Å²) in [6.07, 6.45) is 0. The molecular weight excluding hydrogens is 376 g/mol. The Morgan fingerprint density at radius 3 is 2.03 bits per heavy atom. The van der Waals surface area contributed by atoms with Gasteiger partial charge in [0.15, 0.2) is 5.69 Å². The molecule has 3 aromatic rings. The number of rotatable bonds is 3. The summed E-state index contributed by atoms with van der Waals surface area (Å²) in [4.78, 5) is 37.1. The molecule has 0 saturated carbocycles. The van der Waals surface area contributed by atoms with Gasteiger partial charge in [0, 0.05) is 5.56 Å². The van der Waals surface area contributed by atoms with E-state index < -0.39 is 17.9 Å². The van der Waals surface area contributed by atoms with Crippen molar-refractivity contribution >= 4 is 23.4 Å². The van der Waals surface area contributed by atoms with Gasteiger partial charge in [0.2, 0.25) is 0 Å². The first-order valence-electron chi connectivity index (χ1n) is 8.39. The largest absolute Gasteiger partial charge is 0.465 e. The lowest BCUT2D eigenvalue weighted by Gasteiger charge is -2.03. The molecule has 0 aliphatic rings. The lowest BCUT2D eigenvalue weighted by atomic mass is 10.1. The lowest BCUT2D eigenvalue weighted by molar-refractivity contribution is 0.0536. The van der Waals surface area contributed by atoms with Crippen LogP contribution >= 0.6 is 0 Å². The Labute approximate surface area is 166 Å². The Hall–Kier alpha value is -4.12. The van der Waals surface area contributed by atoms with Crippen molar-refractivity contribution < 1.29 is 28.6 Å². The van der Waals surface area contributed by atoms with Crippen molar-refractivity contribution in [3.05, 3.63) is 70.5 Å². The van der Waals surface area contributed by atoms with Crippen LogP contribution in [0.25, 0.3) is 5.52 Å². The van der Waals surface area contributed by atoms with Crippen LogP contribution in [0.2, 0.25) is 0 Å². The van der Waals surface area contributed by atoms with Crippen LogP contribution < -0.4 is 0 Å². The van der Waals surface area contributed by atoms with Crippen molar-refractivity contribution in [2.24, 2.45) is 0 Å². The van der Waals surface area contributed by atoms with Crippen molar-refractivity contribution in [3.63, 3.8) is 0 Å². The first-order valence-corrected chi connectivity index (χ1v) is 8.39. The molecule has 1 aromatic carbocycles. The topological polar surface area (TPSA) is 96.2 Å². The van der Waals surface area contributed by atoms with Crippen LogP contribution in [0.3, 0.4) is 0 Å². The SMILES string of the molecule is COC(=O)c1c(C(=O)OC)c2ccc(C#Cc3ccccc3)nn2c1C(=O)OC. The zero-order chi connectivity index (χ0) is 21.0. The number of hydrogen-bond acceptors (Lipinski definition) is 7. The van der Waals surface area contributed by atoms with Gasteiger partial charge in [-0.1, -0.05) is 24.1 Å². The van der Waals surface area contributed by atoms with Gasteiger partial charge in [0.05, 0.1) is 26.8 Å². The Bertz CT molecular complexity index is 1170. The van der Waals surface area contributed by atoms with Gasteiger partial charge in [-0.15, -0.1) is 0 Å². The summed E-state index contributed by atoms with van der Waals surface area (Å²) < 4.78 is 15.4. The van der Waals surface area contributed by atoms with Crippen molar-refractivity contribution in [3.8, 4) is 11.8 Å². The van der Waals surface area contributed by atoms with E-state index in [9.17, 15) is 14.4 Å². The van der Waals surface area contributed by atoms with E-state index in [1.165, 1.54) is 6.07 Å². The fourth-order valence-corrected chi connectivity index (χ4v) is 2.75. The first kappa shape index (κ1) is 19.6. The predicted molar refractivity (Wildman–Crippen MR) is 102 cm³/mol. The molecule has 8 nitrogen and oxygen atoms in total. The number of ether oxygens (including phenoxy) is 3. The van der Waals surface area contributed by atoms with Crippen molar-refractivity contribution in [1.29, 1.82) is 0 Å². The smallest absolute Gasteiger partial charge is 0.357 e. The highest BCUT2D eigenvalue weighted by Crippen LogP contribution is 2.26. The molecule has 0 bridgehead atoms. The summed E-state index contributed by atoms with van der Waals surface area (Å²) in [5.41, 5.74) is 0.595. The summed E-state index contributed by atoms with van der Waals surface area (Å²) in [5, 5.41) is 4.30. The van der Waals surface area contributed by atoms with Gasteiger partial charge in [-0.25, -0.2) is 18.9 Å². The molecule has 0 unspecified atom stereocenters. The van der Waals surface area contributed by atoms with Gasteiger partial charge in [-0.3, -0.25) is 0 Å². The zero-order valence-electron chi connectivity index (χ0n) is 15.9. The highest BCUT2D eigenvalue weighted by molar-refractivity contribution is 6.14. The lowest BCUT2D eigenvalue weighted by Crippen LogP contribution is -2.16. The second-order valence-corrected chi connectivity index (χ2v) is 5.70. The second-order valence-electron chi connectivity index (χ2n) is 5.70. The van der Waals surface area contributed by atoms with E-state index in [1.807, 2.05) is 30.3 Å². The average Bonchev–Trinajstić information content (AvgIpc) is 3.11. The molecule has 3 rings (SSSR count). The molecule has 0 aliphatic heterocycles. The van der Waals surface area contributed by atoms with E-state index in [1.54, 1.807) is 6.07 Å². The molecule has 0 fully saturated rings. The molecule has 2 heterocycles. The minimum atomic E-state index is -0.895. The van der Waals surface area contributed by atoms with E-state index in [-0.39, 0.29) is 22.3 Å². The number of carbonyl (C=O) groups excluding carboxylic acids is 3. The van der Waals surface area contributed by atoms with E-state index in [4.69, 9.17) is 14.2 Å². The Balaban J connectivity index is 2.29. The van der Waals surface area contributed by atoms with Gasteiger partial charge in [-0.05, 0) is 30.2 Å². The normalized spacial score (nSPS) is 10.0. The molecule has 29 heavy (non-hydrogen) atoms. The summed E-state index contributed by atoms with van der Waals surface area (Å²) in [5.74, 6) is 3.26. The van der Waals surface area contributed by atoms with E-state index in [0.717, 1.165) is 31.4 Å². The molecule has 2 aromatic heterocycles. The van der Waals surface area contributed by atoms with Gasteiger partial charge < -0.3 is 14.2 Å². The van der Waals surface area contributed by atoms with Crippen molar-refractivity contribution in [2.45, 2.75) is 0 Å². The van der Waals surface area contributed by atoms with Crippen LogP contribution in [-0.2, 0) is 14.2 Å². The summed E-state index contributed by atoms with van der Waals surface area (Å²) in [7, 11) is 3.45. The highest BCUT2D eigenvalue weighted by atomic mass is 16.5. The van der Waals surface area contributed by atoms with Crippen LogP contribution in [0.1, 0.15) is 42.5 Å². The molecule has 0 atom stereocenters. The van der Waals surface area contributed by atoms with Crippen LogP contribution in [0.4, 0.5) is 0 Å². The molecule has 0 amide bonds. The number of nitrogens with zero attached hydrogens (tertiary/aromatic N) is 2. The zero-order valence-corrected chi connectivity index (χ0v) is 15.9. The van der Waals surface area contributed by atoms with Gasteiger partial charge in [0.25, 0.3) is 0 Å². The number of fused-ring (bicyclic) bond motifs is 1. The van der Waals surface area contributed by atoms with Gasteiger partial charge >= 0.3 is 17.9 Å². The molecule has 0 spiro atoms. The summed E-state index contributed by atoms with van der Waals surface area (Å²) in [6, 6.07) is 12.4. The maximum absolute atomic E-state index is 12.4. The monoisotopic (exact) mass is 392 g/mol. The minimum Gasteiger partial charge on any atom is -0.465 e. The van der Waals surface area contributed by atoms with Crippen LogP contribution in [0.15, 0.2) is 42.5 Å². The van der Waals surface area contributed by atoms with Crippen molar-refractivity contribution in [1.82, 2.24) is 9.61 Å². The van der Waals surface area contributed by atoms with Crippen LogP contribution in [0, 0.1) is 11.8 Å². The minimum absolute atomic E-state index is 0.144. The quantitative estimate of drug-likeness (QED) is 0.383. The third-order valence-corrected chi connectivity index (χ3v) is 4.06. The molecule has 0 saturated heterocycles. The second kappa shape index (κ2) is 8.27.